The van der Waals surface area contributed by atoms with Gasteiger partial charge in [0.2, 0.25) is 0 Å². The van der Waals surface area contributed by atoms with Crippen LogP contribution in [0, 0.1) is 0 Å². The Bertz CT molecular complexity index is 480. The van der Waals surface area contributed by atoms with E-state index in [-0.39, 0.29) is 5.91 Å². The van der Waals surface area contributed by atoms with E-state index in [9.17, 15) is 4.79 Å². The number of carbonyl (C=O) groups excluding carboxylic acids is 1. The molecule has 17 heavy (non-hydrogen) atoms. The third kappa shape index (κ3) is 3.07. The average molecular weight is 251 g/mol. The monoisotopic (exact) mass is 250 g/mol. The van der Waals surface area contributed by atoms with E-state index in [1.807, 2.05) is 12.1 Å². The van der Waals surface area contributed by atoms with Crippen LogP contribution in [0.4, 0.5) is 0 Å². The number of alkyl halides is 1. The maximum absolute atomic E-state index is 11.7. The standard InChI is InChI=1S/C12H11ClN2O2/c13-7-9-1-3-10(4-2-9)12(16)14-8-11-5-6-17-15-11/h1-6H,7-8H2,(H,14,16). The zero-order valence-corrected chi connectivity index (χ0v) is 9.78. The Morgan fingerprint density at radius 2 is 2.06 bits per heavy atom. The van der Waals surface area contributed by atoms with Crippen molar-refractivity contribution in [2.24, 2.45) is 0 Å². The number of hydrogen-bond acceptors (Lipinski definition) is 3. The van der Waals surface area contributed by atoms with Gasteiger partial charge in [0.1, 0.15) is 12.0 Å². The van der Waals surface area contributed by atoms with Crippen molar-refractivity contribution in [1.82, 2.24) is 10.5 Å². The Balaban J connectivity index is 1.95. The highest BCUT2D eigenvalue weighted by atomic mass is 35.5. The number of halogens is 1. The fourth-order valence-corrected chi connectivity index (χ4v) is 1.53. The molecule has 0 bridgehead atoms. The van der Waals surface area contributed by atoms with Gasteiger partial charge in [-0.1, -0.05) is 17.3 Å². The van der Waals surface area contributed by atoms with Gasteiger partial charge in [-0.3, -0.25) is 4.79 Å². The zero-order valence-electron chi connectivity index (χ0n) is 9.02. The van der Waals surface area contributed by atoms with E-state index in [4.69, 9.17) is 11.6 Å². The Morgan fingerprint density at radius 3 is 2.65 bits per heavy atom. The van der Waals surface area contributed by atoms with Crippen LogP contribution < -0.4 is 5.32 Å². The third-order valence-corrected chi connectivity index (χ3v) is 2.60. The second-order valence-corrected chi connectivity index (χ2v) is 3.77. The van der Waals surface area contributed by atoms with Gasteiger partial charge >= 0.3 is 0 Å². The lowest BCUT2D eigenvalue weighted by Gasteiger charge is -2.03. The molecule has 0 fully saturated rings. The Kier molecular flexibility index (Phi) is 3.77. The minimum atomic E-state index is -0.144. The van der Waals surface area contributed by atoms with E-state index >= 15 is 0 Å². The highest BCUT2D eigenvalue weighted by Gasteiger charge is 2.05. The van der Waals surface area contributed by atoms with Crippen LogP contribution in [0.5, 0.6) is 0 Å². The van der Waals surface area contributed by atoms with Crippen LogP contribution in [-0.2, 0) is 12.4 Å². The normalized spacial score (nSPS) is 10.2. The van der Waals surface area contributed by atoms with E-state index in [0.29, 0.717) is 23.7 Å². The summed E-state index contributed by atoms with van der Waals surface area (Å²) >= 11 is 5.67. The summed E-state index contributed by atoms with van der Waals surface area (Å²) in [5, 5.41) is 6.45. The quantitative estimate of drug-likeness (QED) is 0.848. The van der Waals surface area contributed by atoms with Gasteiger partial charge in [0, 0.05) is 17.5 Å². The maximum atomic E-state index is 11.7. The molecule has 0 unspecified atom stereocenters. The summed E-state index contributed by atoms with van der Waals surface area (Å²) < 4.78 is 4.67. The lowest BCUT2D eigenvalue weighted by atomic mass is 10.1. The van der Waals surface area contributed by atoms with Crippen molar-refractivity contribution in [3.8, 4) is 0 Å². The number of nitrogens with one attached hydrogen (secondary N) is 1. The van der Waals surface area contributed by atoms with Crippen molar-refractivity contribution in [3.05, 3.63) is 53.4 Å². The first-order valence-corrected chi connectivity index (χ1v) is 5.65. The van der Waals surface area contributed by atoms with Crippen LogP contribution in [0.3, 0.4) is 0 Å². The van der Waals surface area contributed by atoms with Gasteiger partial charge in [0.25, 0.3) is 5.91 Å². The molecule has 0 atom stereocenters. The fraction of sp³-hybridized carbons (Fsp3) is 0.167. The minimum absolute atomic E-state index is 0.144. The van der Waals surface area contributed by atoms with Gasteiger partial charge in [-0.2, -0.15) is 0 Å². The minimum Gasteiger partial charge on any atom is -0.364 e. The van der Waals surface area contributed by atoms with E-state index < -0.39 is 0 Å². The summed E-state index contributed by atoms with van der Waals surface area (Å²) in [6.45, 7) is 0.354. The van der Waals surface area contributed by atoms with E-state index in [0.717, 1.165) is 5.56 Å². The van der Waals surface area contributed by atoms with Gasteiger partial charge in [-0.25, -0.2) is 0 Å². The van der Waals surface area contributed by atoms with Crippen molar-refractivity contribution in [2.75, 3.05) is 0 Å². The van der Waals surface area contributed by atoms with E-state index in [2.05, 4.69) is 15.0 Å². The molecule has 1 N–H and O–H groups in total. The van der Waals surface area contributed by atoms with Gasteiger partial charge in [-0.05, 0) is 17.7 Å². The third-order valence-electron chi connectivity index (χ3n) is 2.29. The van der Waals surface area contributed by atoms with Crippen molar-refractivity contribution < 1.29 is 9.32 Å². The van der Waals surface area contributed by atoms with Crippen molar-refractivity contribution in [1.29, 1.82) is 0 Å². The molecule has 1 aromatic heterocycles. The largest absolute Gasteiger partial charge is 0.364 e. The molecule has 4 nitrogen and oxygen atoms in total. The molecule has 0 spiro atoms. The average Bonchev–Trinajstić information content (AvgIpc) is 2.89. The molecule has 0 saturated heterocycles. The maximum Gasteiger partial charge on any atom is 0.251 e. The molecule has 0 saturated carbocycles. The summed E-state index contributed by atoms with van der Waals surface area (Å²) in [7, 11) is 0. The number of aromatic nitrogens is 1. The lowest BCUT2D eigenvalue weighted by Crippen LogP contribution is -2.22. The Hall–Kier alpha value is -1.81. The Morgan fingerprint density at radius 1 is 1.29 bits per heavy atom. The van der Waals surface area contributed by atoms with Crippen molar-refractivity contribution in [2.45, 2.75) is 12.4 Å². The highest BCUT2D eigenvalue weighted by Crippen LogP contribution is 2.07. The first-order valence-electron chi connectivity index (χ1n) is 5.12. The second-order valence-electron chi connectivity index (χ2n) is 3.50. The molecule has 0 aliphatic heterocycles. The first-order chi connectivity index (χ1) is 8.29. The molecule has 1 amide bonds. The van der Waals surface area contributed by atoms with E-state index in [1.165, 1.54) is 6.26 Å². The number of amides is 1. The summed E-state index contributed by atoms with van der Waals surface area (Å²) in [6, 6.07) is 8.86. The number of rotatable bonds is 4. The predicted octanol–water partition coefficient (Wildman–Crippen LogP) is 2.34. The summed E-state index contributed by atoms with van der Waals surface area (Å²) in [5.74, 6) is 0.301. The molecule has 1 heterocycles. The Labute approximate surface area is 104 Å². The highest BCUT2D eigenvalue weighted by molar-refractivity contribution is 6.17. The van der Waals surface area contributed by atoms with Gasteiger partial charge in [-0.15, -0.1) is 11.6 Å². The number of benzene rings is 1. The summed E-state index contributed by atoms with van der Waals surface area (Å²) in [4.78, 5) is 11.7. The summed E-state index contributed by atoms with van der Waals surface area (Å²) in [6.07, 6.45) is 1.47. The molecular formula is C12H11ClN2O2. The molecule has 1 aromatic carbocycles. The van der Waals surface area contributed by atoms with Gasteiger partial charge in [0.15, 0.2) is 0 Å². The fourth-order valence-electron chi connectivity index (χ4n) is 1.35. The SMILES string of the molecule is O=C(NCc1ccon1)c1ccc(CCl)cc1. The number of nitrogens with zero attached hydrogens (tertiary/aromatic N) is 1. The molecule has 2 rings (SSSR count). The van der Waals surface area contributed by atoms with Crippen LogP contribution in [0.2, 0.25) is 0 Å². The van der Waals surface area contributed by atoms with Crippen LogP contribution in [0.25, 0.3) is 0 Å². The summed E-state index contributed by atoms with van der Waals surface area (Å²) in [5.41, 5.74) is 2.28. The van der Waals surface area contributed by atoms with Crippen LogP contribution in [0.1, 0.15) is 21.6 Å². The van der Waals surface area contributed by atoms with Crippen molar-refractivity contribution >= 4 is 17.5 Å². The molecule has 0 radical (unpaired) electrons. The molecule has 0 aliphatic rings. The zero-order chi connectivity index (χ0) is 12.1. The predicted molar refractivity (Wildman–Crippen MR) is 63.7 cm³/mol. The number of hydrogen-bond donors (Lipinski definition) is 1. The molecule has 5 heteroatoms. The van der Waals surface area contributed by atoms with Crippen molar-refractivity contribution in [3.63, 3.8) is 0 Å². The van der Waals surface area contributed by atoms with Crippen LogP contribution >= 0.6 is 11.6 Å². The molecule has 2 aromatic rings. The smallest absolute Gasteiger partial charge is 0.251 e. The first kappa shape index (κ1) is 11.7. The van der Waals surface area contributed by atoms with Gasteiger partial charge < -0.3 is 9.84 Å². The molecule has 0 aliphatic carbocycles. The second kappa shape index (κ2) is 5.50. The number of carbonyl (C=O) groups is 1. The topological polar surface area (TPSA) is 55.1 Å². The van der Waals surface area contributed by atoms with Crippen LogP contribution in [-0.4, -0.2) is 11.1 Å². The lowest BCUT2D eigenvalue weighted by molar-refractivity contribution is 0.0950. The van der Waals surface area contributed by atoms with Crippen LogP contribution in [0.15, 0.2) is 41.1 Å². The van der Waals surface area contributed by atoms with Gasteiger partial charge in [0.05, 0.1) is 6.54 Å². The molecular weight excluding hydrogens is 240 g/mol. The molecule has 88 valence electrons. The van der Waals surface area contributed by atoms with E-state index in [1.54, 1.807) is 18.2 Å².